The van der Waals surface area contributed by atoms with Crippen molar-refractivity contribution < 1.29 is 0 Å². The van der Waals surface area contributed by atoms with E-state index in [4.69, 9.17) is 5.73 Å². The van der Waals surface area contributed by atoms with Crippen LogP contribution in [0.1, 0.15) is 13.8 Å². The molecule has 0 radical (unpaired) electrons. The maximum absolute atomic E-state index is 5.67. The van der Waals surface area contributed by atoms with Gasteiger partial charge in [0.2, 0.25) is 0 Å². The highest BCUT2D eigenvalue weighted by Gasteiger charge is 2.10. The standard InChI is InChI=1S/C14H20N4/c1-11(2)10-18(8-7-15)14-9-16-12-5-3-4-6-13(12)17-14/h3-6,9,11H,7-8,10,15H2,1-2H3. The Labute approximate surface area is 108 Å². The van der Waals surface area contributed by atoms with Crippen molar-refractivity contribution in [2.24, 2.45) is 11.7 Å². The summed E-state index contributed by atoms with van der Waals surface area (Å²) in [4.78, 5) is 11.3. The van der Waals surface area contributed by atoms with Gasteiger partial charge in [0, 0.05) is 19.6 Å². The monoisotopic (exact) mass is 244 g/mol. The maximum atomic E-state index is 5.67. The predicted octanol–water partition coefficient (Wildman–Crippen LogP) is 2.05. The fraction of sp³-hybridized carbons (Fsp3) is 0.429. The Morgan fingerprint density at radius 1 is 1.22 bits per heavy atom. The molecular weight excluding hydrogens is 224 g/mol. The van der Waals surface area contributed by atoms with Crippen LogP contribution in [0.15, 0.2) is 30.5 Å². The molecule has 2 rings (SSSR count). The van der Waals surface area contributed by atoms with Crippen LogP contribution in [0.5, 0.6) is 0 Å². The van der Waals surface area contributed by atoms with Gasteiger partial charge in [0.15, 0.2) is 0 Å². The minimum absolute atomic E-state index is 0.574. The molecule has 0 atom stereocenters. The number of hydrogen-bond donors (Lipinski definition) is 1. The summed E-state index contributed by atoms with van der Waals surface area (Å²) < 4.78 is 0. The van der Waals surface area contributed by atoms with Gasteiger partial charge in [-0.2, -0.15) is 0 Å². The zero-order chi connectivity index (χ0) is 13.0. The molecule has 0 spiro atoms. The number of aromatic nitrogens is 2. The molecule has 0 amide bonds. The lowest BCUT2D eigenvalue weighted by atomic mass is 10.2. The van der Waals surface area contributed by atoms with Crippen molar-refractivity contribution in [1.29, 1.82) is 0 Å². The van der Waals surface area contributed by atoms with Gasteiger partial charge in [0.05, 0.1) is 17.2 Å². The first-order valence-electron chi connectivity index (χ1n) is 6.37. The Hall–Kier alpha value is -1.68. The highest BCUT2D eigenvalue weighted by Crippen LogP contribution is 2.16. The molecule has 0 saturated carbocycles. The smallest absolute Gasteiger partial charge is 0.147 e. The van der Waals surface area contributed by atoms with E-state index in [1.54, 1.807) is 0 Å². The van der Waals surface area contributed by atoms with Crippen LogP contribution in [0.2, 0.25) is 0 Å². The second kappa shape index (κ2) is 5.78. The average molecular weight is 244 g/mol. The summed E-state index contributed by atoms with van der Waals surface area (Å²) in [6, 6.07) is 7.92. The van der Waals surface area contributed by atoms with Gasteiger partial charge in [-0.1, -0.05) is 26.0 Å². The van der Waals surface area contributed by atoms with Crippen molar-refractivity contribution in [3.05, 3.63) is 30.5 Å². The van der Waals surface area contributed by atoms with Crippen molar-refractivity contribution in [2.45, 2.75) is 13.8 Å². The third kappa shape index (κ3) is 2.96. The van der Waals surface area contributed by atoms with Gasteiger partial charge in [-0.25, -0.2) is 4.98 Å². The highest BCUT2D eigenvalue weighted by atomic mass is 15.2. The summed E-state index contributed by atoms with van der Waals surface area (Å²) in [6.45, 7) is 6.77. The van der Waals surface area contributed by atoms with Crippen LogP contribution < -0.4 is 10.6 Å². The molecular formula is C14H20N4. The molecule has 0 fully saturated rings. The van der Waals surface area contributed by atoms with Crippen LogP contribution in [0, 0.1) is 5.92 Å². The van der Waals surface area contributed by atoms with E-state index in [2.05, 4.69) is 28.7 Å². The van der Waals surface area contributed by atoms with Crippen LogP contribution in [-0.2, 0) is 0 Å². The highest BCUT2D eigenvalue weighted by molar-refractivity contribution is 5.75. The Kier molecular flexibility index (Phi) is 4.10. The Morgan fingerprint density at radius 2 is 1.94 bits per heavy atom. The first-order valence-corrected chi connectivity index (χ1v) is 6.37. The van der Waals surface area contributed by atoms with Crippen LogP contribution >= 0.6 is 0 Å². The molecule has 2 N–H and O–H groups in total. The van der Waals surface area contributed by atoms with Crippen LogP contribution in [0.25, 0.3) is 11.0 Å². The van der Waals surface area contributed by atoms with E-state index in [1.165, 1.54) is 0 Å². The van der Waals surface area contributed by atoms with Crippen LogP contribution in [0.3, 0.4) is 0 Å². The number of nitrogens with zero attached hydrogens (tertiary/aromatic N) is 3. The summed E-state index contributed by atoms with van der Waals surface area (Å²) in [6.07, 6.45) is 1.83. The van der Waals surface area contributed by atoms with Gasteiger partial charge < -0.3 is 10.6 Å². The van der Waals surface area contributed by atoms with E-state index in [-0.39, 0.29) is 0 Å². The molecule has 18 heavy (non-hydrogen) atoms. The topological polar surface area (TPSA) is 55.0 Å². The number of para-hydroxylation sites is 2. The molecule has 1 heterocycles. The van der Waals surface area contributed by atoms with Crippen molar-refractivity contribution in [2.75, 3.05) is 24.5 Å². The lowest BCUT2D eigenvalue weighted by Crippen LogP contribution is -2.33. The molecule has 0 aliphatic carbocycles. The van der Waals surface area contributed by atoms with Crippen molar-refractivity contribution in [3.8, 4) is 0 Å². The third-order valence-corrected chi connectivity index (χ3v) is 2.74. The number of hydrogen-bond acceptors (Lipinski definition) is 4. The minimum Gasteiger partial charge on any atom is -0.354 e. The van der Waals surface area contributed by atoms with Crippen LogP contribution in [0.4, 0.5) is 5.82 Å². The Balaban J connectivity index is 2.31. The molecule has 4 nitrogen and oxygen atoms in total. The SMILES string of the molecule is CC(C)CN(CCN)c1cnc2ccccc2n1. The van der Waals surface area contributed by atoms with E-state index in [9.17, 15) is 0 Å². The lowest BCUT2D eigenvalue weighted by Gasteiger charge is -2.24. The second-order valence-electron chi connectivity index (χ2n) is 4.85. The molecule has 0 saturated heterocycles. The molecule has 1 aromatic carbocycles. The number of fused-ring (bicyclic) bond motifs is 1. The van der Waals surface area contributed by atoms with E-state index in [1.807, 2.05) is 30.5 Å². The van der Waals surface area contributed by atoms with Crippen molar-refractivity contribution in [3.63, 3.8) is 0 Å². The molecule has 2 aromatic rings. The van der Waals surface area contributed by atoms with Crippen LogP contribution in [-0.4, -0.2) is 29.6 Å². The third-order valence-electron chi connectivity index (χ3n) is 2.74. The van der Waals surface area contributed by atoms with E-state index in [0.717, 1.165) is 29.9 Å². The number of nitrogens with two attached hydrogens (primary N) is 1. The number of rotatable bonds is 5. The zero-order valence-electron chi connectivity index (χ0n) is 11.0. The van der Waals surface area contributed by atoms with E-state index < -0.39 is 0 Å². The lowest BCUT2D eigenvalue weighted by molar-refractivity contribution is 0.607. The van der Waals surface area contributed by atoms with Crippen molar-refractivity contribution >= 4 is 16.9 Å². The molecule has 0 unspecified atom stereocenters. The molecule has 0 bridgehead atoms. The predicted molar refractivity (Wildman–Crippen MR) is 75.6 cm³/mol. The van der Waals surface area contributed by atoms with Crippen molar-refractivity contribution in [1.82, 2.24) is 9.97 Å². The zero-order valence-corrected chi connectivity index (χ0v) is 11.0. The second-order valence-corrected chi connectivity index (χ2v) is 4.85. The van der Waals surface area contributed by atoms with Gasteiger partial charge in [0.25, 0.3) is 0 Å². The molecule has 96 valence electrons. The summed E-state index contributed by atoms with van der Waals surface area (Å²) in [5.41, 5.74) is 7.53. The average Bonchev–Trinajstić information content (AvgIpc) is 2.37. The summed E-state index contributed by atoms with van der Waals surface area (Å²) >= 11 is 0. The van der Waals surface area contributed by atoms with Gasteiger partial charge >= 0.3 is 0 Å². The minimum atomic E-state index is 0.574. The normalized spacial score (nSPS) is 11.1. The van der Waals surface area contributed by atoms with E-state index in [0.29, 0.717) is 12.5 Å². The quantitative estimate of drug-likeness (QED) is 0.874. The largest absolute Gasteiger partial charge is 0.354 e. The number of benzene rings is 1. The summed E-state index contributed by atoms with van der Waals surface area (Å²) in [5.74, 6) is 1.48. The Bertz CT molecular complexity index is 510. The fourth-order valence-corrected chi connectivity index (χ4v) is 2.00. The first kappa shape index (κ1) is 12.8. The maximum Gasteiger partial charge on any atom is 0.147 e. The summed E-state index contributed by atoms with van der Waals surface area (Å²) in [7, 11) is 0. The van der Waals surface area contributed by atoms with E-state index >= 15 is 0 Å². The van der Waals surface area contributed by atoms with Gasteiger partial charge in [-0.3, -0.25) is 4.98 Å². The molecule has 0 aliphatic heterocycles. The van der Waals surface area contributed by atoms with Gasteiger partial charge in [-0.15, -0.1) is 0 Å². The first-order chi connectivity index (χ1) is 8.70. The number of anilines is 1. The Morgan fingerprint density at radius 3 is 2.61 bits per heavy atom. The van der Waals surface area contributed by atoms with Gasteiger partial charge in [0.1, 0.15) is 5.82 Å². The fourth-order valence-electron chi connectivity index (χ4n) is 2.00. The molecule has 4 heteroatoms. The van der Waals surface area contributed by atoms with Gasteiger partial charge in [-0.05, 0) is 18.1 Å². The summed E-state index contributed by atoms with van der Waals surface area (Å²) in [5, 5.41) is 0. The molecule has 0 aliphatic rings. The molecule has 1 aromatic heterocycles.